The lowest BCUT2D eigenvalue weighted by molar-refractivity contribution is 0.215. The zero-order chi connectivity index (χ0) is 6.69. The molecule has 9 heavy (non-hydrogen) atoms. The van der Waals surface area contributed by atoms with E-state index < -0.39 is 0 Å². The summed E-state index contributed by atoms with van der Waals surface area (Å²) in [6.07, 6.45) is 3.73. The molecule has 2 amide bonds. The molecule has 0 bridgehead atoms. The molecule has 1 aliphatic rings. The average Bonchev–Trinajstić information content (AvgIpc) is 1.89. The predicted octanol–water partition coefficient (Wildman–Crippen LogP) is 0.545. The van der Waals surface area contributed by atoms with Crippen LogP contribution in [0.5, 0.6) is 0 Å². The zero-order valence-corrected chi connectivity index (χ0v) is 5.42. The fraction of sp³-hybridized carbons (Fsp3) is 0.500. The van der Waals surface area contributed by atoms with Gasteiger partial charge in [-0.15, -0.1) is 0 Å². The molecule has 0 spiro atoms. The minimum atomic E-state index is 0.000000000000000222. The number of carbonyl (C=O) groups is 1. The maximum atomic E-state index is 10.8. The number of nitrogens with zero attached hydrogens (tertiary/aromatic N) is 1. The first-order chi connectivity index (χ1) is 4.34. The second-order valence-electron chi connectivity index (χ2n) is 1.86. The molecule has 0 saturated carbocycles. The second kappa shape index (κ2) is 2.53. The molecule has 0 saturated heterocycles. The Morgan fingerprint density at radius 2 is 2.67 bits per heavy atom. The minimum absolute atomic E-state index is 0.000000000000000222. The van der Waals surface area contributed by atoms with Gasteiger partial charge < -0.3 is 10.2 Å². The number of carbonyl (C=O) groups excluding carboxylic acids is 1. The first kappa shape index (κ1) is 6.13. The smallest absolute Gasteiger partial charge is 0.321 e. The van der Waals surface area contributed by atoms with E-state index in [1.54, 1.807) is 11.1 Å². The summed E-state index contributed by atoms with van der Waals surface area (Å²) in [5.74, 6) is 0. The van der Waals surface area contributed by atoms with Gasteiger partial charge >= 0.3 is 6.03 Å². The highest BCUT2D eigenvalue weighted by Gasteiger charge is 2.08. The molecule has 1 rings (SSSR count). The topological polar surface area (TPSA) is 32.3 Å². The maximum Gasteiger partial charge on any atom is 0.321 e. The third-order valence-electron chi connectivity index (χ3n) is 1.26. The fourth-order valence-corrected chi connectivity index (χ4v) is 0.744. The Balaban J connectivity index is 2.57. The molecule has 3 nitrogen and oxygen atoms in total. The van der Waals surface area contributed by atoms with Gasteiger partial charge in [0.15, 0.2) is 0 Å². The first-order valence-electron chi connectivity index (χ1n) is 3.05. The first-order valence-corrected chi connectivity index (χ1v) is 3.05. The summed E-state index contributed by atoms with van der Waals surface area (Å²) in [6.45, 7) is 3.34. The lowest BCUT2D eigenvalue weighted by atomic mass is 10.4. The third-order valence-corrected chi connectivity index (χ3v) is 1.26. The molecule has 1 N–H and O–H groups in total. The van der Waals surface area contributed by atoms with Crippen molar-refractivity contribution in [3.8, 4) is 0 Å². The van der Waals surface area contributed by atoms with Crippen LogP contribution in [0.2, 0.25) is 0 Å². The van der Waals surface area contributed by atoms with Gasteiger partial charge in [-0.2, -0.15) is 0 Å². The van der Waals surface area contributed by atoms with E-state index in [-0.39, 0.29) is 6.03 Å². The van der Waals surface area contributed by atoms with Crippen molar-refractivity contribution in [2.75, 3.05) is 13.1 Å². The maximum absolute atomic E-state index is 10.8. The van der Waals surface area contributed by atoms with E-state index in [2.05, 4.69) is 5.32 Å². The molecule has 0 aliphatic carbocycles. The number of urea groups is 1. The van der Waals surface area contributed by atoms with Gasteiger partial charge in [0.1, 0.15) is 0 Å². The molecule has 1 aliphatic heterocycles. The number of amides is 2. The Bertz CT molecular complexity index is 142. The number of hydrogen-bond donors (Lipinski definition) is 1. The Hall–Kier alpha value is -0.990. The van der Waals surface area contributed by atoms with Crippen molar-refractivity contribution >= 4 is 6.03 Å². The van der Waals surface area contributed by atoms with Crippen molar-refractivity contribution < 1.29 is 4.79 Å². The Morgan fingerprint density at radius 1 is 1.89 bits per heavy atom. The normalized spacial score (nSPS) is 17.9. The number of rotatable bonds is 1. The summed E-state index contributed by atoms with van der Waals surface area (Å²) < 4.78 is 0. The Labute approximate surface area is 54.3 Å². The van der Waals surface area contributed by atoms with E-state index in [0.717, 1.165) is 6.54 Å². The van der Waals surface area contributed by atoms with Gasteiger partial charge in [-0.3, -0.25) is 0 Å². The van der Waals surface area contributed by atoms with E-state index in [1.807, 2.05) is 13.0 Å². The summed E-state index contributed by atoms with van der Waals surface area (Å²) in [7, 11) is 0. The lowest BCUT2D eigenvalue weighted by Crippen LogP contribution is -2.39. The van der Waals surface area contributed by atoms with E-state index in [9.17, 15) is 4.79 Å². The van der Waals surface area contributed by atoms with Crippen molar-refractivity contribution in [1.29, 1.82) is 0 Å². The van der Waals surface area contributed by atoms with Crippen LogP contribution in [-0.2, 0) is 0 Å². The number of hydrogen-bond acceptors (Lipinski definition) is 1. The highest BCUT2D eigenvalue weighted by atomic mass is 16.2. The van der Waals surface area contributed by atoms with E-state index in [1.165, 1.54) is 0 Å². The van der Waals surface area contributed by atoms with Gasteiger partial charge in [-0.1, -0.05) is 0 Å². The monoisotopic (exact) mass is 126 g/mol. The summed E-state index contributed by atoms with van der Waals surface area (Å²) in [4.78, 5) is 12.4. The van der Waals surface area contributed by atoms with Crippen LogP contribution in [0, 0.1) is 0 Å². The van der Waals surface area contributed by atoms with Crippen LogP contribution in [0.4, 0.5) is 4.79 Å². The lowest BCUT2D eigenvalue weighted by Gasteiger charge is -2.19. The molecular formula is C6H10N2O. The SMILES string of the molecule is CCN1C=CCNC1=O. The molecule has 0 fully saturated rings. The van der Waals surface area contributed by atoms with E-state index in [0.29, 0.717) is 6.54 Å². The Kier molecular flexibility index (Phi) is 1.72. The summed E-state index contributed by atoms with van der Waals surface area (Å²) in [5.41, 5.74) is 0. The van der Waals surface area contributed by atoms with Gasteiger partial charge in [0.25, 0.3) is 0 Å². The molecule has 0 aromatic heterocycles. The van der Waals surface area contributed by atoms with Crippen molar-refractivity contribution in [2.45, 2.75) is 6.92 Å². The Morgan fingerprint density at radius 3 is 3.11 bits per heavy atom. The van der Waals surface area contributed by atoms with Gasteiger partial charge in [0.05, 0.1) is 0 Å². The van der Waals surface area contributed by atoms with Crippen molar-refractivity contribution in [3.05, 3.63) is 12.3 Å². The molecule has 0 unspecified atom stereocenters. The molecule has 3 heteroatoms. The van der Waals surface area contributed by atoms with Crippen molar-refractivity contribution in [2.24, 2.45) is 0 Å². The molecule has 0 radical (unpaired) electrons. The van der Waals surface area contributed by atoms with E-state index >= 15 is 0 Å². The molecule has 1 heterocycles. The van der Waals surface area contributed by atoms with Gasteiger partial charge in [-0.05, 0) is 13.0 Å². The molecule has 0 aromatic rings. The fourth-order valence-electron chi connectivity index (χ4n) is 0.744. The minimum Gasteiger partial charge on any atom is -0.334 e. The van der Waals surface area contributed by atoms with Crippen LogP contribution in [0.15, 0.2) is 12.3 Å². The largest absolute Gasteiger partial charge is 0.334 e. The predicted molar refractivity (Wildman–Crippen MR) is 34.9 cm³/mol. The number of nitrogens with one attached hydrogen (secondary N) is 1. The van der Waals surface area contributed by atoms with Crippen LogP contribution < -0.4 is 5.32 Å². The van der Waals surface area contributed by atoms with Crippen LogP contribution >= 0.6 is 0 Å². The van der Waals surface area contributed by atoms with Gasteiger partial charge in [0.2, 0.25) is 0 Å². The van der Waals surface area contributed by atoms with Crippen LogP contribution in [-0.4, -0.2) is 24.0 Å². The van der Waals surface area contributed by atoms with Crippen LogP contribution in [0.25, 0.3) is 0 Å². The molecule has 50 valence electrons. The quantitative estimate of drug-likeness (QED) is 0.546. The molecular weight excluding hydrogens is 116 g/mol. The summed E-state index contributed by atoms with van der Waals surface area (Å²) in [6, 6.07) is 0.000000000000000222. The van der Waals surface area contributed by atoms with Crippen LogP contribution in [0.1, 0.15) is 6.92 Å². The zero-order valence-electron chi connectivity index (χ0n) is 5.42. The van der Waals surface area contributed by atoms with Crippen LogP contribution in [0.3, 0.4) is 0 Å². The summed E-state index contributed by atoms with van der Waals surface area (Å²) in [5, 5.41) is 2.68. The van der Waals surface area contributed by atoms with Gasteiger partial charge in [0, 0.05) is 19.3 Å². The van der Waals surface area contributed by atoms with Crippen molar-refractivity contribution in [3.63, 3.8) is 0 Å². The third kappa shape index (κ3) is 1.22. The highest BCUT2D eigenvalue weighted by molar-refractivity contribution is 5.76. The summed E-state index contributed by atoms with van der Waals surface area (Å²) >= 11 is 0. The molecule has 0 aromatic carbocycles. The molecule has 0 atom stereocenters. The van der Waals surface area contributed by atoms with Crippen molar-refractivity contribution in [1.82, 2.24) is 10.2 Å². The highest BCUT2D eigenvalue weighted by Crippen LogP contribution is 1.94. The average molecular weight is 126 g/mol. The standard InChI is InChI=1S/C6H10N2O/c1-2-8-5-3-4-7-6(8)9/h3,5H,2,4H2,1H3,(H,7,9). The van der Waals surface area contributed by atoms with E-state index in [4.69, 9.17) is 0 Å². The second-order valence-corrected chi connectivity index (χ2v) is 1.86. The van der Waals surface area contributed by atoms with Gasteiger partial charge in [-0.25, -0.2) is 4.79 Å².